The molecule has 0 rings (SSSR count). The second-order valence-electron chi connectivity index (χ2n) is 0.620. The van der Waals surface area contributed by atoms with E-state index in [1.54, 1.807) is 0 Å². The van der Waals surface area contributed by atoms with E-state index in [-0.39, 0.29) is 5.34 Å². The van der Waals surface area contributed by atoms with Crippen LogP contribution < -0.4 is 0 Å². The van der Waals surface area contributed by atoms with Crippen LogP contribution in [0.25, 0.3) is 0 Å². The highest BCUT2D eigenvalue weighted by Crippen LogP contribution is 2.03. The summed E-state index contributed by atoms with van der Waals surface area (Å²) >= 11 is 15.9. The van der Waals surface area contributed by atoms with Crippen molar-refractivity contribution in [2.24, 2.45) is 0 Å². The van der Waals surface area contributed by atoms with E-state index in [4.69, 9.17) is 23.2 Å². The maximum atomic E-state index is 4.76. The van der Waals surface area contributed by atoms with Crippen LogP contribution in [0, 0.1) is 0 Å². The quantitative estimate of drug-likeness (QED) is 0.592. The van der Waals surface area contributed by atoms with Crippen LogP contribution in [0.4, 0.5) is 0 Å². The molecule has 0 atom stereocenters. The van der Waals surface area contributed by atoms with E-state index in [2.05, 4.69) is 31.9 Å². The van der Waals surface area contributed by atoms with Crippen molar-refractivity contribution in [1.82, 2.24) is 0 Å². The van der Waals surface area contributed by atoms with E-state index >= 15 is 0 Å². The summed E-state index contributed by atoms with van der Waals surface area (Å²) < 4.78 is 0.458. The van der Waals surface area contributed by atoms with Gasteiger partial charge in [0.1, 0.15) is 0 Å². The SMILES string of the molecule is CC(Br)Br.ClCCl. The number of alkyl halides is 4. The maximum absolute atomic E-state index is 4.76. The maximum Gasteiger partial charge on any atom is 0.0967 e. The summed E-state index contributed by atoms with van der Waals surface area (Å²) in [6.07, 6.45) is 0. The van der Waals surface area contributed by atoms with Crippen molar-refractivity contribution < 1.29 is 0 Å². The van der Waals surface area contributed by atoms with E-state index in [0.29, 0.717) is 3.74 Å². The second-order valence-corrected chi connectivity index (χ2v) is 5.40. The highest BCUT2D eigenvalue weighted by Gasteiger charge is 1.74. The molecule has 7 heavy (non-hydrogen) atoms. The van der Waals surface area contributed by atoms with E-state index in [1.807, 2.05) is 6.92 Å². The summed E-state index contributed by atoms with van der Waals surface area (Å²) in [4.78, 5) is 0. The van der Waals surface area contributed by atoms with E-state index in [1.165, 1.54) is 0 Å². The lowest BCUT2D eigenvalue weighted by atomic mass is 11.0. The molecule has 0 radical (unpaired) electrons. The molecule has 0 amide bonds. The van der Waals surface area contributed by atoms with Crippen LogP contribution in [-0.4, -0.2) is 9.08 Å². The summed E-state index contributed by atoms with van der Waals surface area (Å²) in [5.74, 6) is 0. The molecule has 0 aromatic rings. The van der Waals surface area contributed by atoms with Crippen molar-refractivity contribution in [3.63, 3.8) is 0 Å². The van der Waals surface area contributed by atoms with E-state index in [9.17, 15) is 0 Å². The van der Waals surface area contributed by atoms with Gasteiger partial charge in [-0.1, -0.05) is 31.9 Å². The Morgan fingerprint density at radius 2 is 1.43 bits per heavy atom. The molecule has 0 spiro atoms. The molecule has 0 heterocycles. The molecule has 0 aromatic carbocycles. The van der Waals surface area contributed by atoms with Gasteiger partial charge in [-0.25, -0.2) is 0 Å². The zero-order valence-corrected chi connectivity index (χ0v) is 8.48. The van der Waals surface area contributed by atoms with Gasteiger partial charge in [-0.15, -0.1) is 23.2 Å². The molecule has 46 valence electrons. The van der Waals surface area contributed by atoms with Crippen molar-refractivity contribution in [3.8, 4) is 0 Å². The smallest absolute Gasteiger partial charge is 0.0967 e. The lowest BCUT2D eigenvalue weighted by Gasteiger charge is -1.73. The Balaban J connectivity index is 0. The summed E-state index contributed by atoms with van der Waals surface area (Å²) in [7, 11) is 0. The molecule has 0 aliphatic carbocycles. The zero-order valence-electron chi connectivity index (χ0n) is 3.80. The van der Waals surface area contributed by atoms with Crippen LogP contribution in [0.2, 0.25) is 0 Å². The molecule has 4 heteroatoms. The van der Waals surface area contributed by atoms with Gasteiger partial charge in [0.15, 0.2) is 0 Å². The minimum absolute atomic E-state index is 0.194. The van der Waals surface area contributed by atoms with Crippen LogP contribution in [0.1, 0.15) is 6.92 Å². The van der Waals surface area contributed by atoms with Crippen LogP contribution in [-0.2, 0) is 0 Å². The highest BCUT2D eigenvalue weighted by atomic mass is 79.9. The van der Waals surface area contributed by atoms with Crippen molar-refractivity contribution in [1.29, 1.82) is 0 Å². The molecule has 0 N–H and O–H groups in total. The van der Waals surface area contributed by atoms with Crippen LogP contribution in [0.3, 0.4) is 0 Å². The number of halogens is 4. The van der Waals surface area contributed by atoms with Gasteiger partial charge >= 0.3 is 0 Å². The Kier molecular flexibility index (Phi) is 17.0. The largest absolute Gasteiger partial charge is 0.109 e. The first-order chi connectivity index (χ1) is 3.15. The summed E-state index contributed by atoms with van der Waals surface area (Å²) in [6, 6.07) is 0. The molecule has 0 nitrogen and oxygen atoms in total. The van der Waals surface area contributed by atoms with Crippen molar-refractivity contribution in [2.45, 2.75) is 10.7 Å². The Morgan fingerprint density at radius 3 is 1.43 bits per heavy atom. The van der Waals surface area contributed by atoms with Gasteiger partial charge in [-0.05, 0) is 6.92 Å². The molecule has 0 aliphatic rings. The molecular formula is C3H6Br2Cl2. The van der Waals surface area contributed by atoms with Crippen LogP contribution >= 0.6 is 55.1 Å². The topological polar surface area (TPSA) is 0 Å². The zero-order chi connectivity index (χ0) is 6.28. The average molecular weight is 273 g/mol. The first-order valence-electron chi connectivity index (χ1n) is 1.55. The predicted octanol–water partition coefficient (Wildman–Crippen LogP) is 3.54. The molecule has 0 aromatic heterocycles. The van der Waals surface area contributed by atoms with Gasteiger partial charge < -0.3 is 0 Å². The van der Waals surface area contributed by atoms with Gasteiger partial charge in [0.2, 0.25) is 0 Å². The fourth-order valence-electron chi connectivity index (χ4n) is 0. The monoisotopic (exact) mass is 270 g/mol. The normalized spacial score (nSPS) is 7.71. The average Bonchev–Trinajstić information content (AvgIpc) is 1.33. The summed E-state index contributed by atoms with van der Waals surface area (Å²) in [5.41, 5.74) is 0. The van der Waals surface area contributed by atoms with E-state index < -0.39 is 0 Å². The van der Waals surface area contributed by atoms with Crippen LogP contribution in [0.15, 0.2) is 0 Å². The van der Waals surface area contributed by atoms with Crippen molar-refractivity contribution in [3.05, 3.63) is 0 Å². The van der Waals surface area contributed by atoms with Gasteiger partial charge in [0, 0.05) is 0 Å². The number of hydrogen-bond acceptors (Lipinski definition) is 0. The molecule has 0 saturated carbocycles. The van der Waals surface area contributed by atoms with Crippen molar-refractivity contribution in [2.75, 3.05) is 5.34 Å². The molecular weight excluding hydrogens is 267 g/mol. The standard InChI is InChI=1S/C2H4Br2.CH2Cl2/c1-2(3)4;2-1-3/h2H,1H3;1H2. The lowest BCUT2D eigenvalue weighted by molar-refractivity contribution is 1.48. The lowest BCUT2D eigenvalue weighted by Crippen LogP contribution is -1.60. The number of hydrogen-bond donors (Lipinski definition) is 0. The highest BCUT2D eigenvalue weighted by molar-refractivity contribution is 9.24. The Labute approximate surface area is 70.8 Å². The second kappa shape index (κ2) is 10.5. The van der Waals surface area contributed by atoms with Gasteiger partial charge in [0.25, 0.3) is 0 Å². The fourth-order valence-corrected chi connectivity index (χ4v) is 0. The summed E-state index contributed by atoms with van der Waals surface area (Å²) in [6.45, 7) is 2.00. The number of rotatable bonds is 0. The third kappa shape index (κ3) is 97.6. The third-order valence-electron chi connectivity index (χ3n) is 0. The predicted molar refractivity (Wildman–Crippen MR) is 43.9 cm³/mol. The molecule has 0 fully saturated rings. The molecule has 0 bridgehead atoms. The molecule has 0 aliphatic heterocycles. The van der Waals surface area contributed by atoms with Gasteiger partial charge in [-0.2, -0.15) is 0 Å². The minimum Gasteiger partial charge on any atom is -0.109 e. The third-order valence-corrected chi connectivity index (χ3v) is 0. The Hall–Kier alpha value is 1.54. The summed E-state index contributed by atoms with van der Waals surface area (Å²) in [5, 5.41) is 0.194. The van der Waals surface area contributed by atoms with Gasteiger partial charge in [-0.3, -0.25) is 0 Å². The first-order valence-corrected chi connectivity index (χ1v) is 4.45. The Morgan fingerprint density at radius 1 is 1.43 bits per heavy atom. The Bertz CT molecular complexity index is 22.1. The van der Waals surface area contributed by atoms with Crippen LogP contribution in [0.5, 0.6) is 0 Å². The molecule has 0 saturated heterocycles. The van der Waals surface area contributed by atoms with E-state index in [0.717, 1.165) is 0 Å². The first kappa shape index (κ1) is 11.4. The fraction of sp³-hybridized carbons (Fsp3) is 1.00. The minimum atomic E-state index is 0.194. The van der Waals surface area contributed by atoms with Crippen molar-refractivity contribution >= 4 is 55.1 Å². The van der Waals surface area contributed by atoms with Gasteiger partial charge in [0.05, 0.1) is 9.08 Å². The molecule has 0 unspecified atom stereocenters.